The summed E-state index contributed by atoms with van der Waals surface area (Å²) < 4.78 is 0. The first-order chi connectivity index (χ1) is 20.3. The van der Waals surface area contributed by atoms with E-state index in [-0.39, 0.29) is 35.6 Å². The molecule has 3 atom stereocenters. The van der Waals surface area contributed by atoms with Crippen molar-refractivity contribution in [1.29, 1.82) is 0 Å². The van der Waals surface area contributed by atoms with Gasteiger partial charge in [-0.25, -0.2) is 0 Å². The van der Waals surface area contributed by atoms with E-state index in [0.29, 0.717) is 19.5 Å². The monoisotopic (exact) mass is 591 g/mol. The molecule has 3 amide bonds. The third-order valence-electron chi connectivity index (χ3n) is 8.76. The lowest BCUT2D eigenvalue weighted by atomic mass is 10.1. The zero-order valence-electron chi connectivity index (χ0n) is 28.1. The Morgan fingerprint density at radius 1 is 0.762 bits per heavy atom. The fourth-order valence-corrected chi connectivity index (χ4v) is 5.45. The average Bonchev–Trinajstić information content (AvgIpc) is 2.99. The lowest BCUT2D eigenvalue weighted by Crippen LogP contribution is -2.41. The van der Waals surface area contributed by atoms with Gasteiger partial charge in [0, 0.05) is 57.0 Å². The highest BCUT2D eigenvalue weighted by Gasteiger charge is 2.21. The van der Waals surface area contributed by atoms with Gasteiger partial charge in [-0.15, -0.1) is 0 Å². The molecule has 0 saturated carbocycles. The van der Waals surface area contributed by atoms with Crippen LogP contribution in [0.2, 0.25) is 0 Å². The molecule has 7 nitrogen and oxygen atoms in total. The summed E-state index contributed by atoms with van der Waals surface area (Å²) in [7, 11) is 0. The van der Waals surface area contributed by atoms with Gasteiger partial charge in [0.1, 0.15) is 0 Å². The van der Waals surface area contributed by atoms with Gasteiger partial charge in [0.2, 0.25) is 17.7 Å². The molecule has 1 saturated heterocycles. The third-order valence-corrected chi connectivity index (χ3v) is 8.76. The van der Waals surface area contributed by atoms with Crippen LogP contribution < -0.4 is 10.6 Å². The van der Waals surface area contributed by atoms with Gasteiger partial charge in [0.05, 0.1) is 0 Å². The SMILES string of the molecule is CCCCCCCCC=CCC1CC(=O)NCCCN(C(=O)C(C)CC)CCCCCN(C(=O)C(C)CC)CCCN1. The highest BCUT2D eigenvalue weighted by Crippen LogP contribution is 2.13. The van der Waals surface area contributed by atoms with Crippen molar-refractivity contribution in [3.05, 3.63) is 12.2 Å². The lowest BCUT2D eigenvalue weighted by molar-refractivity contribution is -0.135. The molecule has 1 rings (SSSR count). The van der Waals surface area contributed by atoms with Crippen molar-refractivity contribution in [2.45, 2.75) is 143 Å². The second kappa shape index (κ2) is 24.5. The predicted molar refractivity (Wildman–Crippen MR) is 176 cm³/mol. The smallest absolute Gasteiger partial charge is 0.225 e. The van der Waals surface area contributed by atoms with E-state index in [9.17, 15) is 14.4 Å². The number of nitrogens with zero attached hydrogens (tertiary/aromatic N) is 2. The van der Waals surface area contributed by atoms with Crippen LogP contribution in [0.25, 0.3) is 0 Å². The maximum Gasteiger partial charge on any atom is 0.225 e. The molecular formula is C35H66N4O3. The number of amides is 3. The van der Waals surface area contributed by atoms with Crippen molar-refractivity contribution in [3.8, 4) is 0 Å². The van der Waals surface area contributed by atoms with Crippen LogP contribution in [0.3, 0.4) is 0 Å². The molecule has 244 valence electrons. The number of carbonyl (C=O) groups excluding carboxylic acids is 3. The summed E-state index contributed by atoms with van der Waals surface area (Å²) in [4.78, 5) is 43.0. The number of allylic oxidation sites excluding steroid dienone is 1. The van der Waals surface area contributed by atoms with Crippen LogP contribution in [0, 0.1) is 11.8 Å². The minimum absolute atomic E-state index is 0.0158. The van der Waals surface area contributed by atoms with E-state index in [1.807, 2.05) is 23.6 Å². The predicted octanol–water partition coefficient (Wildman–Crippen LogP) is 6.86. The van der Waals surface area contributed by atoms with Gasteiger partial charge in [0.15, 0.2) is 0 Å². The molecule has 1 heterocycles. The maximum atomic E-state index is 13.1. The van der Waals surface area contributed by atoms with Crippen LogP contribution in [0.4, 0.5) is 0 Å². The molecule has 0 aliphatic carbocycles. The summed E-state index contributed by atoms with van der Waals surface area (Å²) in [6.45, 7) is 14.7. The number of unbranched alkanes of at least 4 members (excludes halogenated alkanes) is 6. The molecule has 3 unspecified atom stereocenters. The first kappa shape index (κ1) is 38.1. The van der Waals surface area contributed by atoms with Gasteiger partial charge < -0.3 is 20.4 Å². The Kier molecular flexibility index (Phi) is 22.3. The van der Waals surface area contributed by atoms with Crippen LogP contribution in [-0.2, 0) is 14.4 Å². The topological polar surface area (TPSA) is 81.8 Å². The molecule has 7 heteroatoms. The Labute approximate surface area is 259 Å². The number of rotatable bonds is 13. The van der Waals surface area contributed by atoms with Crippen LogP contribution in [0.1, 0.15) is 137 Å². The molecule has 0 aromatic carbocycles. The van der Waals surface area contributed by atoms with Gasteiger partial charge in [0.25, 0.3) is 0 Å². The van der Waals surface area contributed by atoms with Gasteiger partial charge in [-0.05, 0) is 70.8 Å². The summed E-state index contributed by atoms with van der Waals surface area (Å²) in [6.07, 6.45) is 20.9. The standard InChI is InChI=1S/C35H66N4O3/c1-6-9-10-11-12-13-14-15-17-22-32-29-33(40)37-24-21-28-39(35(42)31(5)8-3)26-19-16-18-25-38(27-20-23-36-32)34(41)30(4)7-2/h15,17,30-32,36H,6-14,16,18-29H2,1-5H3,(H,37,40). The van der Waals surface area contributed by atoms with E-state index in [1.54, 1.807) is 0 Å². The zero-order chi connectivity index (χ0) is 31.0. The second-order valence-corrected chi connectivity index (χ2v) is 12.5. The Morgan fingerprint density at radius 3 is 1.90 bits per heavy atom. The summed E-state index contributed by atoms with van der Waals surface area (Å²) in [5, 5.41) is 6.72. The quantitative estimate of drug-likeness (QED) is 0.181. The first-order valence-electron chi connectivity index (χ1n) is 17.6. The summed E-state index contributed by atoms with van der Waals surface area (Å²) in [5.74, 6) is 0.568. The zero-order valence-corrected chi connectivity index (χ0v) is 28.1. The number of carbonyl (C=O) groups is 3. The van der Waals surface area contributed by atoms with Crippen LogP contribution in [0.5, 0.6) is 0 Å². The molecule has 0 aromatic heterocycles. The molecule has 0 radical (unpaired) electrons. The van der Waals surface area contributed by atoms with Crippen molar-refractivity contribution in [3.63, 3.8) is 0 Å². The maximum absolute atomic E-state index is 13.1. The van der Waals surface area contributed by atoms with Crippen LogP contribution in [-0.4, -0.2) is 72.8 Å². The molecule has 42 heavy (non-hydrogen) atoms. The summed E-state index contributed by atoms with van der Waals surface area (Å²) in [5.41, 5.74) is 0. The minimum atomic E-state index is 0.0158. The average molecular weight is 591 g/mol. The van der Waals surface area contributed by atoms with E-state index < -0.39 is 0 Å². The highest BCUT2D eigenvalue weighted by molar-refractivity contribution is 5.79. The third kappa shape index (κ3) is 17.3. The number of nitrogens with one attached hydrogen (secondary N) is 2. The van der Waals surface area contributed by atoms with E-state index in [1.165, 1.54) is 38.5 Å². The molecule has 1 aliphatic heterocycles. The molecule has 1 fully saturated rings. The first-order valence-corrected chi connectivity index (χ1v) is 17.6. The molecule has 0 spiro atoms. The molecule has 2 N–H and O–H groups in total. The molecule has 1 aliphatic rings. The minimum Gasteiger partial charge on any atom is -0.356 e. The van der Waals surface area contributed by atoms with Gasteiger partial charge >= 0.3 is 0 Å². The second-order valence-electron chi connectivity index (χ2n) is 12.5. The highest BCUT2D eigenvalue weighted by atomic mass is 16.2. The van der Waals surface area contributed by atoms with Crippen molar-refractivity contribution in [1.82, 2.24) is 20.4 Å². The summed E-state index contributed by atoms with van der Waals surface area (Å²) >= 11 is 0. The van der Waals surface area contributed by atoms with E-state index in [2.05, 4.69) is 43.6 Å². The van der Waals surface area contributed by atoms with Gasteiger partial charge in [-0.1, -0.05) is 78.9 Å². The van der Waals surface area contributed by atoms with Crippen molar-refractivity contribution in [2.75, 3.05) is 39.3 Å². The number of hydrogen-bond donors (Lipinski definition) is 2. The Balaban J connectivity index is 2.81. The largest absolute Gasteiger partial charge is 0.356 e. The van der Waals surface area contributed by atoms with Crippen LogP contribution >= 0.6 is 0 Å². The van der Waals surface area contributed by atoms with Crippen LogP contribution in [0.15, 0.2) is 12.2 Å². The van der Waals surface area contributed by atoms with Crippen molar-refractivity contribution in [2.24, 2.45) is 11.8 Å². The lowest BCUT2D eigenvalue weighted by Gasteiger charge is -2.28. The fraction of sp³-hybridized carbons (Fsp3) is 0.857. The Hall–Kier alpha value is -1.89. The number of hydrogen-bond acceptors (Lipinski definition) is 4. The summed E-state index contributed by atoms with van der Waals surface area (Å²) in [6, 6.07) is 0.0758. The Bertz CT molecular complexity index is 757. The molecule has 0 aromatic rings. The van der Waals surface area contributed by atoms with Gasteiger partial charge in [-0.3, -0.25) is 14.4 Å². The van der Waals surface area contributed by atoms with E-state index in [4.69, 9.17) is 0 Å². The Morgan fingerprint density at radius 2 is 1.31 bits per heavy atom. The van der Waals surface area contributed by atoms with Crippen molar-refractivity contribution < 1.29 is 14.4 Å². The van der Waals surface area contributed by atoms with E-state index in [0.717, 1.165) is 84.0 Å². The van der Waals surface area contributed by atoms with E-state index >= 15 is 0 Å². The fourth-order valence-electron chi connectivity index (χ4n) is 5.45. The normalized spacial score (nSPS) is 20.5. The van der Waals surface area contributed by atoms with Crippen molar-refractivity contribution >= 4 is 17.7 Å². The van der Waals surface area contributed by atoms with Gasteiger partial charge in [-0.2, -0.15) is 0 Å². The molecular weight excluding hydrogens is 524 g/mol. The molecule has 0 bridgehead atoms.